The van der Waals surface area contributed by atoms with Crippen LogP contribution in [0.25, 0.3) is 0 Å². The van der Waals surface area contributed by atoms with Crippen molar-refractivity contribution in [2.45, 2.75) is 20.8 Å². The molecule has 1 rings (SSSR count). The van der Waals surface area contributed by atoms with Crippen LogP contribution in [-0.4, -0.2) is 37.6 Å². The van der Waals surface area contributed by atoms with Gasteiger partial charge in [-0.2, -0.15) is 0 Å². The van der Waals surface area contributed by atoms with Gasteiger partial charge in [0, 0.05) is 13.1 Å². The second kappa shape index (κ2) is 6.89. The van der Waals surface area contributed by atoms with Gasteiger partial charge in [-0.15, -0.1) is 0 Å². The molecule has 0 atom stereocenters. The number of nitrogens with one attached hydrogen (secondary N) is 1. The van der Waals surface area contributed by atoms with Gasteiger partial charge in [-0.05, 0) is 38.5 Å². The molecule has 0 aliphatic heterocycles. The highest BCUT2D eigenvalue weighted by Gasteiger charge is 2.10. The van der Waals surface area contributed by atoms with Gasteiger partial charge < -0.3 is 15.0 Å². The van der Waals surface area contributed by atoms with Gasteiger partial charge in [0.25, 0.3) is 0 Å². The number of carbonyl (C=O) groups is 1. The zero-order valence-corrected chi connectivity index (χ0v) is 11.6. The molecule has 1 aromatic rings. The second-order valence-electron chi connectivity index (χ2n) is 4.12. The van der Waals surface area contributed by atoms with Gasteiger partial charge in [0.1, 0.15) is 5.75 Å². The Kier molecular flexibility index (Phi) is 5.49. The van der Waals surface area contributed by atoms with Crippen molar-refractivity contribution in [1.29, 1.82) is 0 Å². The summed E-state index contributed by atoms with van der Waals surface area (Å²) >= 11 is 0. The van der Waals surface area contributed by atoms with Gasteiger partial charge in [-0.25, -0.2) is 0 Å². The van der Waals surface area contributed by atoms with Crippen LogP contribution in [0.3, 0.4) is 0 Å². The Hall–Kier alpha value is -1.71. The highest BCUT2D eigenvalue weighted by atomic mass is 16.5. The van der Waals surface area contributed by atoms with Gasteiger partial charge in [-0.3, -0.25) is 4.79 Å². The quantitative estimate of drug-likeness (QED) is 0.842. The number of hydrogen-bond donors (Lipinski definition) is 1. The maximum Gasteiger partial charge on any atom is 0.241 e. The summed E-state index contributed by atoms with van der Waals surface area (Å²) in [6, 6.07) is 5.87. The number of aryl methyl sites for hydroxylation is 1. The molecule has 1 N–H and O–H groups in total. The van der Waals surface area contributed by atoms with Crippen molar-refractivity contribution in [2.24, 2.45) is 0 Å². The first-order valence-electron chi connectivity index (χ1n) is 6.28. The summed E-state index contributed by atoms with van der Waals surface area (Å²) in [7, 11) is 1.63. The van der Waals surface area contributed by atoms with Gasteiger partial charge in [0.15, 0.2) is 0 Å². The number of likely N-dealkylation sites (N-methyl/N-ethyl adjacent to an activating group) is 1. The molecular formula is C14H22N2O2. The van der Waals surface area contributed by atoms with E-state index in [1.54, 1.807) is 12.0 Å². The van der Waals surface area contributed by atoms with Crippen molar-refractivity contribution in [3.05, 3.63) is 23.8 Å². The van der Waals surface area contributed by atoms with Crippen LogP contribution in [0, 0.1) is 6.92 Å². The topological polar surface area (TPSA) is 41.6 Å². The molecule has 4 heteroatoms. The van der Waals surface area contributed by atoms with E-state index < -0.39 is 0 Å². The van der Waals surface area contributed by atoms with E-state index in [9.17, 15) is 4.79 Å². The van der Waals surface area contributed by atoms with Crippen molar-refractivity contribution in [1.82, 2.24) is 4.90 Å². The van der Waals surface area contributed by atoms with Crippen LogP contribution in [0.1, 0.15) is 19.4 Å². The summed E-state index contributed by atoms with van der Waals surface area (Å²) in [5.74, 6) is 0.858. The minimum absolute atomic E-state index is 0.101. The van der Waals surface area contributed by atoms with Crippen molar-refractivity contribution in [2.75, 3.05) is 32.1 Å². The molecule has 100 valence electrons. The molecule has 4 nitrogen and oxygen atoms in total. The maximum absolute atomic E-state index is 11.9. The third-order valence-corrected chi connectivity index (χ3v) is 2.90. The number of carbonyl (C=O) groups excluding carboxylic acids is 1. The number of amides is 1. The van der Waals surface area contributed by atoms with Crippen LogP contribution >= 0.6 is 0 Å². The third kappa shape index (κ3) is 3.65. The number of hydrogen-bond acceptors (Lipinski definition) is 3. The van der Waals surface area contributed by atoms with E-state index in [4.69, 9.17) is 4.74 Å². The molecule has 0 unspecified atom stereocenters. The predicted octanol–water partition coefficient (Wildman–Crippen LogP) is 2.28. The lowest BCUT2D eigenvalue weighted by Crippen LogP contribution is -2.35. The molecule has 0 aliphatic rings. The number of anilines is 1. The predicted molar refractivity (Wildman–Crippen MR) is 74.1 cm³/mol. The van der Waals surface area contributed by atoms with E-state index in [0.29, 0.717) is 6.54 Å². The van der Waals surface area contributed by atoms with E-state index in [2.05, 4.69) is 5.32 Å². The molecule has 0 aromatic heterocycles. The van der Waals surface area contributed by atoms with Gasteiger partial charge in [-0.1, -0.05) is 6.07 Å². The van der Waals surface area contributed by atoms with Crippen LogP contribution in [0.2, 0.25) is 0 Å². The van der Waals surface area contributed by atoms with Crippen LogP contribution in [0.5, 0.6) is 5.75 Å². The smallest absolute Gasteiger partial charge is 0.241 e. The normalized spacial score (nSPS) is 10.0. The maximum atomic E-state index is 11.9. The fraction of sp³-hybridized carbons (Fsp3) is 0.500. The minimum atomic E-state index is 0.101. The molecule has 1 amide bonds. The molecule has 0 aliphatic carbocycles. The first-order valence-corrected chi connectivity index (χ1v) is 6.28. The Labute approximate surface area is 109 Å². The summed E-state index contributed by atoms with van der Waals surface area (Å²) in [5.41, 5.74) is 1.99. The van der Waals surface area contributed by atoms with Crippen LogP contribution in [-0.2, 0) is 4.79 Å². The second-order valence-corrected chi connectivity index (χ2v) is 4.12. The summed E-state index contributed by atoms with van der Waals surface area (Å²) in [6.45, 7) is 7.74. The van der Waals surface area contributed by atoms with E-state index in [0.717, 1.165) is 30.1 Å². The van der Waals surface area contributed by atoms with Crippen molar-refractivity contribution < 1.29 is 9.53 Å². The Morgan fingerprint density at radius 1 is 1.33 bits per heavy atom. The number of methoxy groups -OCH3 is 1. The van der Waals surface area contributed by atoms with Crippen LogP contribution < -0.4 is 10.1 Å². The number of nitrogens with zero attached hydrogens (tertiary/aromatic N) is 1. The molecule has 0 saturated carbocycles. The summed E-state index contributed by atoms with van der Waals surface area (Å²) < 4.78 is 5.26. The van der Waals surface area contributed by atoms with Crippen molar-refractivity contribution in [3.63, 3.8) is 0 Å². The zero-order chi connectivity index (χ0) is 13.5. The number of ether oxygens (including phenoxy) is 1. The SMILES string of the molecule is CCN(CC)C(=O)CNc1cc(C)ccc1OC. The average Bonchev–Trinajstić information content (AvgIpc) is 2.38. The molecular weight excluding hydrogens is 228 g/mol. The molecule has 0 bridgehead atoms. The number of rotatable bonds is 6. The summed E-state index contributed by atoms with van der Waals surface area (Å²) in [6.07, 6.45) is 0. The highest BCUT2D eigenvalue weighted by Crippen LogP contribution is 2.24. The standard InChI is InChI=1S/C14H22N2O2/c1-5-16(6-2)14(17)10-15-12-9-11(3)7-8-13(12)18-4/h7-9,15H,5-6,10H2,1-4H3. The van der Waals surface area contributed by atoms with E-state index >= 15 is 0 Å². The van der Waals surface area contributed by atoms with Gasteiger partial charge >= 0.3 is 0 Å². The first-order chi connectivity index (χ1) is 8.62. The van der Waals surface area contributed by atoms with Crippen LogP contribution in [0.15, 0.2) is 18.2 Å². The fourth-order valence-electron chi connectivity index (χ4n) is 1.82. The minimum Gasteiger partial charge on any atom is -0.495 e. The molecule has 18 heavy (non-hydrogen) atoms. The molecule has 0 radical (unpaired) electrons. The fourth-order valence-corrected chi connectivity index (χ4v) is 1.82. The van der Waals surface area contributed by atoms with E-state index in [-0.39, 0.29) is 5.91 Å². The molecule has 0 saturated heterocycles. The average molecular weight is 250 g/mol. The lowest BCUT2D eigenvalue weighted by molar-refractivity contribution is -0.128. The van der Waals surface area contributed by atoms with Gasteiger partial charge in [0.2, 0.25) is 5.91 Å². The van der Waals surface area contributed by atoms with E-state index in [1.165, 1.54) is 0 Å². The van der Waals surface area contributed by atoms with Crippen LogP contribution in [0.4, 0.5) is 5.69 Å². The lowest BCUT2D eigenvalue weighted by Gasteiger charge is -2.19. The lowest BCUT2D eigenvalue weighted by atomic mass is 10.2. The van der Waals surface area contributed by atoms with Crippen molar-refractivity contribution in [3.8, 4) is 5.75 Å². The molecule has 0 heterocycles. The van der Waals surface area contributed by atoms with Crippen molar-refractivity contribution >= 4 is 11.6 Å². The molecule has 1 aromatic carbocycles. The Morgan fingerprint density at radius 2 is 2.00 bits per heavy atom. The Bertz CT molecular complexity index is 401. The molecule has 0 fully saturated rings. The number of benzene rings is 1. The third-order valence-electron chi connectivity index (χ3n) is 2.90. The Morgan fingerprint density at radius 3 is 2.56 bits per heavy atom. The monoisotopic (exact) mass is 250 g/mol. The first kappa shape index (κ1) is 14.4. The van der Waals surface area contributed by atoms with Gasteiger partial charge in [0.05, 0.1) is 19.3 Å². The molecule has 0 spiro atoms. The summed E-state index contributed by atoms with van der Waals surface area (Å²) in [4.78, 5) is 13.7. The zero-order valence-electron chi connectivity index (χ0n) is 11.6. The largest absolute Gasteiger partial charge is 0.495 e. The highest BCUT2D eigenvalue weighted by molar-refractivity contribution is 5.81. The Balaban J connectivity index is 2.68. The summed E-state index contributed by atoms with van der Waals surface area (Å²) in [5, 5.41) is 3.14. The van der Waals surface area contributed by atoms with E-state index in [1.807, 2.05) is 39.0 Å².